The molecule has 0 unspecified atom stereocenters. The molecule has 2 aromatic carbocycles. The van der Waals surface area contributed by atoms with Crippen LogP contribution in [0.3, 0.4) is 0 Å². The second-order valence-corrected chi connectivity index (χ2v) is 5.97. The Kier molecular flexibility index (Phi) is 6.66. The molecular formula is C16H15Cl2N3O2S. The largest absolute Gasteiger partial charge is 0.493 e. The van der Waals surface area contributed by atoms with E-state index in [1.807, 2.05) is 12.1 Å². The van der Waals surface area contributed by atoms with Gasteiger partial charge in [0.2, 0.25) is 0 Å². The Morgan fingerprint density at radius 3 is 2.62 bits per heavy atom. The van der Waals surface area contributed by atoms with Gasteiger partial charge < -0.3 is 15.2 Å². The lowest BCUT2D eigenvalue weighted by Crippen LogP contribution is -2.23. The Bertz CT molecular complexity index is 752. The highest BCUT2D eigenvalue weighted by atomic mass is 35.5. The number of hydrogen-bond donors (Lipinski definition) is 2. The van der Waals surface area contributed by atoms with Gasteiger partial charge in [0.15, 0.2) is 16.6 Å². The van der Waals surface area contributed by atoms with Crippen LogP contribution in [0.15, 0.2) is 41.5 Å². The molecule has 0 atom stereocenters. The lowest BCUT2D eigenvalue weighted by atomic mass is 10.2. The molecule has 0 fully saturated rings. The summed E-state index contributed by atoms with van der Waals surface area (Å²) in [6, 6.07) is 10.8. The van der Waals surface area contributed by atoms with Crippen LogP contribution in [0.5, 0.6) is 11.5 Å². The minimum Gasteiger partial charge on any atom is -0.493 e. The van der Waals surface area contributed by atoms with Crippen molar-refractivity contribution >= 4 is 46.7 Å². The van der Waals surface area contributed by atoms with Gasteiger partial charge in [0.25, 0.3) is 0 Å². The third kappa shape index (κ3) is 5.26. The van der Waals surface area contributed by atoms with Gasteiger partial charge in [-0.2, -0.15) is 5.10 Å². The highest BCUT2D eigenvalue weighted by Gasteiger charge is 2.12. The number of benzene rings is 2. The molecule has 0 saturated heterocycles. The summed E-state index contributed by atoms with van der Waals surface area (Å²) in [6.45, 7) is 0.337. The van der Waals surface area contributed by atoms with Crippen LogP contribution in [0.25, 0.3) is 0 Å². The first-order chi connectivity index (χ1) is 11.5. The number of methoxy groups -OCH3 is 1. The normalized spacial score (nSPS) is 10.6. The molecule has 3 N–H and O–H groups in total. The van der Waals surface area contributed by atoms with Crippen LogP contribution in [0, 0.1) is 0 Å². The van der Waals surface area contributed by atoms with E-state index in [2.05, 4.69) is 22.7 Å². The SMILES string of the molecule is COc1cc(/C=N\NC(N)=S)cc(Cl)c1OCc1ccc(Cl)cc1. The minimum absolute atomic E-state index is 0.0761. The molecule has 0 aliphatic carbocycles. The van der Waals surface area contributed by atoms with Crippen molar-refractivity contribution in [2.24, 2.45) is 10.8 Å². The molecule has 0 saturated carbocycles. The number of nitrogens with zero attached hydrogens (tertiary/aromatic N) is 1. The predicted octanol–water partition coefficient (Wildman–Crippen LogP) is 3.75. The van der Waals surface area contributed by atoms with Gasteiger partial charge in [-0.3, -0.25) is 5.43 Å². The van der Waals surface area contributed by atoms with Crippen LogP contribution in [-0.2, 0) is 6.61 Å². The fraction of sp³-hybridized carbons (Fsp3) is 0.125. The van der Waals surface area contributed by atoms with E-state index in [0.717, 1.165) is 5.56 Å². The summed E-state index contributed by atoms with van der Waals surface area (Å²) in [7, 11) is 1.54. The number of ether oxygens (including phenoxy) is 2. The number of nitrogens with one attached hydrogen (secondary N) is 1. The van der Waals surface area contributed by atoms with Crippen molar-refractivity contribution in [1.82, 2.24) is 5.43 Å². The average molecular weight is 384 g/mol. The van der Waals surface area contributed by atoms with Crippen molar-refractivity contribution in [2.45, 2.75) is 6.61 Å². The molecule has 0 amide bonds. The van der Waals surface area contributed by atoms with Crippen molar-refractivity contribution < 1.29 is 9.47 Å². The molecular weight excluding hydrogens is 369 g/mol. The maximum absolute atomic E-state index is 6.29. The molecule has 0 bridgehead atoms. The summed E-state index contributed by atoms with van der Waals surface area (Å²) < 4.78 is 11.1. The standard InChI is InChI=1S/C16H15Cl2N3O2S/c1-22-14-7-11(8-20-21-16(19)24)6-13(18)15(14)23-9-10-2-4-12(17)5-3-10/h2-8H,9H2,1H3,(H3,19,21,24)/b20-8-. The minimum atomic E-state index is 0.0761. The predicted molar refractivity (Wildman–Crippen MR) is 101 cm³/mol. The maximum Gasteiger partial charge on any atom is 0.184 e. The molecule has 2 rings (SSSR count). The smallest absolute Gasteiger partial charge is 0.184 e. The fourth-order valence-electron chi connectivity index (χ4n) is 1.86. The number of hydrazone groups is 1. The third-order valence-electron chi connectivity index (χ3n) is 2.94. The molecule has 0 aliphatic rings. The van der Waals surface area contributed by atoms with E-state index in [4.69, 9.17) is 38.4 Å². The molecule has 126 valence electrons. The zero-order chi connectivity index (χ0) is 17.5. The van der Waals surface area contributed by atoms with Gasteiger partial charge in [-0.05, 0) is 47.6 Å². The Morgan fingerprint density at radius 2 is 2.00 bits per heavy atom. The first kappa shape index (κ1) is 18.3. The Morgan fingerprint density at radius 1 is 1.29 bits per heavy atom. The van der Waals surface area contributed by atoms with Gasteiger partial charge in [-0.25, -0.2) is 0 Å². The monoisotopic (exact) mass is 383 g/mol. The molecule has 0 aliphatic heterocycles. The molecule has 0 aromatic heterocycles. The van der Waals surface area contributed by atoms with Gasteiger partial charge in [0.05, 0.1) is 18.3 Å². The van der Waals surface area contributed by atoms with E-state index in [1.54, 1.807) is 24.3 Å². The van der Waals surface area contributed by atoms with Crippen LogP contribution in [0.2, 0.25) is 10.0 Å². The first-order valence-electron chi connectivity index (χ1n) is 6.83. The zero-order valence-electron chi connectivity index (χ0n) is 12.8. The van der Waals surface area contributed by atoms with Gasteiger partial charge in [-0.1, -0.05) is 35.3 Å². The number of hydrogen-bond acceptors (Lipinski definition) is 4. The van der Waals surface area contributed by atoms with Crippen molar-refractivity contribution in [2.75, 3.05) is 7.11 Å². The van der Waals surface area contributed by atoms with Crippen molar-refractivity contribution in [3.63, 3.8) is 0 Å². The third-order valence-corrected chi connectivity index (χ3v) is 3.56. The van der Waals surface area contributed by atoms with E-state index < -0.39 is 0 Å². The summed E-state index contributed by atoms with van der Waals surface area (Å²) in [5, 5.41) is 5.03. The second-order valence-electron chi connectivity index (χ2n) is 4.68. The first-order valence-corrected chi connectivity index (χ1v) is 7.99. The Balaban J connectivity index is 2.15. The van der Waals surface area contributed by atoms with Gasteiger partial charge in [-0.15, -0.1) is 0 Å². The van der Waals surface area contributed by atoms with E-state index >= 15 is 0 Å². The topological polar surface area (TPSA) is 68.9 Å². The van der Waals surface area contributed by atoms with E-state index in [0.29, 0.717) is 33.7 Å². The second kappa shape index (κ2) is 8.73. The fourth-order valence-corrected chi connectivity index (χ4v) is 2.31. The molecule has 0 heterocycles. The van der Waals surface area contributed by atoms with E-state index in [1.165, 1.54) is 13.3 Å². The summed E-state index contributed by atoms with van der Waals surface area (Å²) in [6.07, 6.45) is 1.52. The van der Waals surface area contributed by atoms with Crippen molar-refractivity contribution in [3.8, 4) is 11.5 Å². The van der Waals surface area contributed by atoms with Crippen LogP contribution in [-0.4, -0.2) is 18.4 Å². The highest BCUT2D eigenvalue weighted by molar-refractivity contribution is 7.80. The summed E-state index contributed by atoms with van der Waals surface area (Å²) in [5.74, 6) is 0.946. The summed E-state index contributed by atoms with van der Waals surface area (Å²) >= 11 is 16.8. The van der Waals surface area contributed by atoms with E-state index in [9.17, 15) is 0 Å². The van der Waals surface area contributed by atoms with Crippen molar-refractivity contribution in [1.29, 1.82) is 0 Å². The molecule has 0 radical (unpaired) electrons. The number of nitrogens with two attached hydrogens (primary N) is 1. The number of thiocarbonyl (C=S) groups is 1. The summed E-state index contributed by atoms with van der Waals surface area (Å²) in [4.78, 5) is 0. The molecule has 8 heteroatoms. The van der Waals surface area contributed by atoms with Crippen LogP contribution in [0.4, 0.5) is 0 Å². The Hall–Kier alpha value is -2.02. The molecule has 5 nitrogen and oxygen atoms in total. The number of halogens is 2. The van der Waals surface area contributed by atoms with Crippen molar-refractivity contribution in [3.05, 3.63) is 57.6 Å². The molecule has 2 aromatic rings. The van der Waals surface area contributed by atoms with Crippen LogP contribution >= 0.6 is 35.4 Å². The van der Waals surface area contributed by atoms with Gasteiger partial charge in [0.1, 0.15) is 6.61 Å². The van der Waals surface area contributed by atoms with Gasteiger partial charge in [0, 0.05) is 5.02 Å². The zero-order valence-corrected chi connectivity index (χ0v) is 15.1. The highest BCUT2D eigenvalue weighted by Crippen LogP contribution is 2.36. The maximum atomic E-state index is 6.29. The lowest BCUT2D eigenvalue weighted by molar-refractivity contribution is 0.284. The van der Waals surface area contributed by atoms with E-state index in [-0.39, 0.29) is 5.11 Å². The molecule has 0 spiro atoms. The van der Waals surface area contributed by atoms with Crippen LogP contribution in [0.1, 0.15) is 11.1 Å². The Labute approximate surface area is 155 Å². The average Bonchev–Trinajstić information content (AvgIpc) is 2.54. The molecule has 24 heavy (non-hydrogen) atoms. The quantitative estimate of drug-likeness (QED) is 0.451. The lowest BCUT2D eigenvalue weighted by Gasteiger charge is -2.13. The number of rotatable bonds is 6. The summed E-state index contributed by atoms with van der Waals surface area (Å²) in [5.41, 5.74) is 9.44. The van der Waals surface area contributed by atoms with Gasteiger partial charge >= 0.3 is 0 Å². The van der Waals surface area contributed by atoms with Crippen LogP contribution < -0.4 is 20.6 Å².